The summed E-state index contributed by atoms with van der Waals surface area (Å²) in [5.41, 5.74) is 2.33. The molecule has 3 nitrogen and oxygen atoms in total. The van der Waals surface area contributed by atoms with Gasteiger partial charge in [-0.15, -0.1) is 0 Å². The van der Waals surface area contributed by atoms with Gasteiger partial charge in [0.05, 0.1) is 0 Å². The Balaban J connectivity index is 1.89. The first kappa shape index (κ1) is 10.1. The molecular weight excluding hydrogens is 307 g/mol. The van der Waals surface area contributed by atoms with Crippen molar-refractivity contribution in [1.82, 2.24) is 0 Å². The summed E-state index contributed by atoms with van der Waals surface area (Å²) in [7, 11) is 0. The van der Waals surface area contributed by atoms with Gasteiger partial charge in [0.25, 0.3) is 0 Å². The number of aliphatic carboxylic acids is 1. The second kappa shape index (κ2) is 3.48. The van der Waals surface area contributed by atoms with E-state index in [2.05, 4.69) is 9.90 Å². The van der Waals surface area contributed by atoms with Crippen molar-refractivity contribution in [3.63, 3.8) is 0 Å². The van der Waals surface area contributed by atoms with E-state index in [1.54, 1.807) is 0 Å². The number of carboxylic acids is 1. The Kier molecular flexibility index (Phi) is 2.21. The monoisotopic (exact) mass is 316 g/mol. The number of hydrogen-bond acceptors (Lipinski definition) is 2. The van der Waals surface area contributed by atoms with Gasteiger partial charge in [-0.3, -0.25) is 0 Å². The van der Waals surface area contributed by atoms with Crippen molar-refractivity contribution in [2.24, 2.45) is 0 Å². The number of carbonyl (C=O) groups is 2. The quantitative estimate of drug-likeness (QED) is 0.838. The van der Waals surface area contributed by atoms with Gasteiger partial charge in [-0.25, -0.2) is 0 Å². The first-order chi connectivity index (χ1) is 7.68. The van der Waals surface area contributed by atoms with Crippen LogP contribution >= 0.6 is 0 Å². The van der Waals surface area contributed by atoms with Crippen molar-refractivity contribution in [3.05, 3.63) is 33.7 Å². The molecule has 2 bridgehead atoms. The normalized spacial score (nSPS) is 19.9. The van der Waals surface area contributed by atoms with E-state index in [1.807, 2.05) is 18.2 Å². The topological polar surface area (TPSA) is 54.4 Å². The number of ketones is 1. The summed E-state index contributed by atoms with van der Waals surface area (Å²) in [4.78, 5) is 22.3. The van der Waals surface area contributed by atoms with Crippen LogP contribution in [0.3, 0.4) is 0 Å². The molecule has 3 aliphatic heterocycles. The third-order valence-electron chi connectivity index (χ3n) is 3.36. The number of rotatable bonds is 3. The molecule has 0 aliphatic carbocycles. The van der Waals surface area contributed by atoms with Crippen LogP contribution in [0.25, 0.3) is 5.57 Å². The minimum absolute atomic E-state index is 0.00954. The Bertz CT molecular complexity index is 533. The van der Waals surface area contributed by atoms with E-state index >= 15 is 0 Å². The van der Waals surface area contributed by atoms with Crippen LogP contribution in [0.5, 0.6) is 0 Å². The Morgan fingerprint density at radius 3 is 2.75 bits per heavy atom. The standard InChI is InChI=1S/C12H9O3.In/c1-9(7-11(13)8-12(14)15)10-5-3-2-4-6-10;/h1-5,7H,8H2,(H,14,15);. The van der Waals surface area contributed by atoms with Crippen LogP contribution in [0.4, 0.5) is 0 Å². The maximum absolute atomic E-state index is 11.8. The summed E-state index contributed by atoms with van der Waals surface area (Å²) < 4.78 is 3.66. The van der Waals surface area contributed by atoms with Gasteiger partial charge in [0, 0.05) is 0 Å². The predicted molar refractivity (Wildman–Crippen MR) is 60.8 cm³/mol. The minimum atomic E-state index is -2.04. The molecule has 0 fully saturated rings. The van der Waals surface area contributed by atoms with E-state index in [0.29, 0.717) is 0 Å². The Morgan fingerprint density at radius 2 is 2.06 bits per heavy atom. The molecule has 3 heterocycles. The van der Waals surface area contributed by atoms with Crippen molar-refractivity contribution >= 4 is 42.1 Å². The van der Waals surface area contributed by atoms with Gasteiger partial charge in [-0.2, -0.15) is 0 Å². The van der Waals surface area contributed by atoms with E-state index in [9.17, 15) is 9.59 Å². The molecule has 1 aromatic carbocycles. The Hall–Kier alpha value is -1.03. The van der Waals surface area contributed by atoms with Crippen molar-refractivity contribution in [2.45, 2.75) is 10.1 Å². The third-order valence-corrected chi connectivity index (χ3v) is 13.0. The molecule has 1 N–H and O–H groups in total. The summed E-state index contributed by atoms with van der Waals surface area (Å²) >= 11 is -2.04. The molecule has 1 atom stereocenters. The second-order valence-electron chi connectivity index (χ2n) is 4.25. The van der Waals surface area contributed by atoms with Gasteiger partial charge in [0.2, 0.25) is 0 Å². The first-order valence-electron chi connectivity index (χ1n) is 5.24. The fraction of sp³-hybridized carbons (Fsp3) is 0.167. The van der Waals surface area contributed by atoms with Gasteiger partial charge >= 0.3 is 101 Å². The molecule has 16 heavy (non-hydrogen) atoms. The van der Waals surface area contributed by atoms with Crippen LogP contribution in [0.15, 0.2) is 28.1 Å². The van der Waals surface area contributed by atoms with Crippen molar-refractivity contribution < 1.29 is 14.7 Å². The molecule has 0 saturated carbocycles. The van der Waals surface area contributed by atoms with Gasteiger partial charge in [-0.1, -0.05) is 0 Å². The molecule has 78 valence electrons. The zero-order valence-corrected chi connectivity index (χ0v) is 11.8. The van der Waals surface area contributed by atoms with E-state index in [0.717, 1.165) is 5.57 Å². The summed E-state index contributed by atoms with van der Waals surface area (Å²) in [6, 6.07) is 8.13. The molecule has 0 aromatic heterocycles. The van der Waals surface area contributed by atoms with Crippen LogP contribution in [-0.2, 0) is 9.59 Å². The predicted octanol–water partition coefficient (Wildman–Crippen LogP) is 0.752. The molecular formula is C12H9InO3. The number of hydrogen-bond donors (Lipinski definition) is 1. The van der Waals surface area contributed by atoms with Gasteiger partial charge in [0.1, 0.15) is 0 Å². The maximum atomic E-state index is 11.8. The summed E-state index contributed by atoms with van der Waals surface area (Å²) in [6.45, 7) is 0. The molecule has 4 heteroatoms. The van der Waals surface area contributed by atoms with Gasteiger partial charge < -0.3 is 0 Å². The van der Waals surface area contributed by atoms with E-state index in [1.165, 1.54) is 8.88 Å². The fourth-order valence-electron chi connectivity index (χ4n) is 2.68. The van der Waals surface area contributed by atoms with Crippen LogP contribution in [-0.4, -0.2) is 38.3 Å². The van der Waals surface area contributed by atoms with Gasteiger partial charge in [0.15, 0.2) is 0 Å². The SMILES string of the molecule is O=C(O)CC(=O)[CH]1C2=[CH][In]1[c]1ccccc12. The molecule has 0 saturated heterocycles. The number of allylic oxidation sites excluding steroid dienone is 1. The van der Waals surface area contributed by atoms with E-state index < -0.39 is 27.4 Å². The molecule has 4 rings (SSSR count). The van der Waals surface area contributed by atoms with Gasteiger partial charge in [-0.05, 0) is 0 Å². The molecule has 0 radical (unpaired) electrons. The van der Waals surface area contributed by atoms with Crippen LogP contribution in [0.2, 0.25) is 3.67 Å². The molecule has 1 aromatic rings. The summed E-state index contributed by atoms with van der Waals surface area (Å²) in [5.74, 6) is -1.09. The van der Waals surface area contributed by atoms with Crippen molar-refractivity contribution in [1.29, 1.82) is 0 Å². The number of benzene rings is 1. The summed E-state index contributed by atoms with van der Waals surface area (Å²) in [6.07, 6.45) is -0.316. The first-order valence-corrected chi connectivity index (χ1v) is 10.7. The fourth-order valence-corrected chi connectivity index (χ4v) is 12.1. The average molecular weight is 316 g/mol. The molecule has 3 aliphatic rings. The Labute approximate surface area is 100 Å². The van der Waals surface area contributed by atoms with Crippen molar-refractivity contribution in [2.75, 3.05) is 0 Å². The second-order valence-corrected chi connectivity index (χ2v) is 11.9. The van der Waals surface area contributed by atoms with Crippen LogP contribution < -0.4 is 3.32 Å². The summed E-state index contributed by atoms with van der Waals surface area (Å²) in [5, 5.41) is 8.65. The Morgan fingerprint density at radius 1 is 1.31 bits per heavy atom. The van der Waals surface area contributed by atoms with E-state index in [-0.39, 0.29) is 15.9 Å². The average Bonchev–Trinajstić information content (AvgIpc) is 2.67. The molecule has 0 amide bonds. The van der Waals surface area contributed by atoms with Crippen LogP contribution in [0.1, 0.15) is 12.0 Å². The van der Waals surface area contributed by atoms with E-state index in [4.69, 9.17) is 5.11 Å². The third kappa shape index (κ3) is 1.29. The van der Waals surface area contributed by atoms with Crippen LogP contribution in [0, 0.1) is 0 Å². The van der Waals surface area contributed by atoms with Crippen molar-refractivity contribution in [3.8, 4) is 0 Å². The number of carbonyl (C=O) groups excluding carboxylic acids is 1. The molecule has 0 spiro atoms. The zero-order valence-electron chi connectivity index (χ0n) is 8.51. The number of Topliss-reactive ketones (excluding diaryl/α,β-unsaturated/α-hetero) is 1. The molecule has 1 unspecified atom stereocenters. The zero-order chi connectivity index (χ0) is 11.3. The number of carboxylic acid groups (broad SMARTS) is 1.